The van der Waals surface area contributed by atoms with E-state index in [1.165, 1.54) is 18.3 Å². The lowest BCUT2D eigenvalue weighted by Gasteiger charge is -2.35. The Hall–Kier alpha value is -1.18. The van der Waals surface area contributed by atoms with Crippen molar-refractivity contribution in [3.8, 4) is 0 Å². The van der Waals surface area contributed by atoms with Crippen molar-refractivity contribution in [3.05, 3.63) is 11.1 Å². The number of anilines is 1. The molecule has 0 bridgehead atoms. The minimum Gasteiger partial charge on any atom is -0.389 e. The van der Waals surface area contributed by atoms with Crippen LogP contribution in [0.3, 0.4) is 0 Å². The molecule has 2 heterocycles. The van der Waals surface area contributed by atoms with Crippen molar-refractivity contribution < 1.29 is 15.0 Å². The van der Waals surface area contributed by atoms with Gasteiger partial charge in [-0.25, -0.2) is 4.98 Å². The highest BCUT2D eigenvalue weighted by molar-refractivity contribution is 7.14. The molecular weight excluding hydrogens is 230 g/mol. The Balaban J connectivity index is 1.99. The largest absolute Gasteiger partial charge is 0.389 e. The highest BCUT2D eigenvalue weighted by Crippen LogP contribution is 2.24. The van der Waals surface area contributed by atoms with E-state index in [9.17, 15) is 4.79 Å². The van der Waals surface area contributed by atoms with Gasteiger partial charge in [-0.05, 0) is 6.92 Å². The summed E-state index contributed by atoms with van der Waals surface area (Å²) < 4.78 is 0. The second kappa shape index (κ2) is 4.36. The summed E-state index contributed by atoms with van der Waals surface area (Å²) in [6.45, 7) is 2.59. The van der Waals surface area contributed by atoms with Gasteiger partial charge in [0.05, 0.1) is 6.10 Å². The van der Waals surface area contributed by atoms with E-state index in [0.29, 0.717) is 18.8 Å². The van der Waals surface area contributed by atoms with Crippen LogP contribution >= 0.6 is 11.3 Å². The summed E-state index contributed by atoms with van der Waals surface area (Å²) in [7, 11) is 0. The fourth-order valence-corrected chi connectivity index (χ4v) is 2.21. The van der Waals surface area contributed by atoms with E-state index >= 15 is 0 Å². The molecular formula is C9H13N3O3S. The first kappa shape index (κ1) is 11.3. The maximum absolute atomic E-state index is 11.5. The van der Waals surface area contributed by atoms with Crippen LogP contribution in [0.1, 0.15) is 17.4 Å². The Bertz CT molecular complexity index is 387. The molecule has 88 valence electrons. The summed E-state index contributed by atoms with van der Waals surface area (Å²) in [4.78, 5) is 17.5. The molecule has 1 aliphatic heterocycles. The average molecular weight is 243 g/mol. The molecule has 1 aliphatic rings. The number of β-amino-alcohol motifs (C(OH)–C–C–N with tert-alkyl or cyclic N) is 1. The Morgan fingerprint density at radius 3 is 3.00 bits per heavy atom. The molecule has 16 heavy (non-hydrogen) atoms. The highest BCUT2D eigenvalue weighted by Gasteiger charge is 2.27. The second-order valence-corrected chi connectivity index (χ2v) is 4.56. The number of aromatic nitrogens is 1. The summed E-state index contributed by atoms with van der Waals surface area (Å²) in [5.74, 6) is -0.390. The Labute approximate surface area is 96.5 Å². The van der Waals surface area contributed by atoms with Crippen LogP contribution < -0.4 is 10.2 Å². The molecule has 0 saturated carbocycles. The molecule has 7 heteroatoms. The SMILES string of the molecule is CC(O)NC(=O)c1csc(N2CC(O)C2)n1. The molecule has 0 aromatic carbocycles. The van der Waals surface area contributed by atoms with Crippen molar-refractivity contribution in [1.82, 2.24) is 10.3 Å². The lowest BCUT2D eigenvalue weighted by Crippen LogP contribution is -2.50. The zero-order valence-corrected chi connectivity index (χ0v) is 9.57. The predicted octanol–water partition coefficient (Wildman–Crippen LogP) is -0.608. The van der Waals surface area contributed by atoms with Gasteiger partial charge in [0.1, 0.15) is 11.9 Å². The number of rotatable bonds is 3. The standard InChI is InChI=1S/C9H13N3O3S/c1-5(13)10-8(15)7-4-16-9(11-7)12-2-6(14)3-12/h4-6,13-14H,2-3H2,1H3,(H,10,15). The van der Waals surface area contributed by atoms with Crippen LogP contribution in [0.2, 0.25) is 0 Å². The normalized spacial score (nSPS) is 18.1. The molecule has 6 nitrogen and oxygen atoms in total. The molecule has 1 atom stereocenters. The van der Waals surface area contributed by atoms with Gasteiger partial charge in [0.15, 0.2) is 5.13 Å². The third kappa shape index (κ3) is 2.31. The molecule has 1 aromatic rings. The Morgan fingerprint density at radius 2 is 2.44 bits per heavy atom. The van der Waals surface area contributed by atoms with Crippen molar-refractivity contribution in [2.24, 2.45) is 0 Å². The minimum atomic E-state index is -0.886. The number of nitrogens with zero attached hydrogens (tertiary/aromatic N) is 2. The van der Waals surface area contributed by atoms with E-state index in [1.807, 2.05) is 4.90 Å². The van der Waals surface area contributed by atoms with Crippen LogP contribution in [0.5, 0.6) is 0 Å². The fourth-order valence-electron chi connectivity index (χ4n) is 1.39. The van der Waals surface area contributed by atoms with Crippen LogP contribution in [0.25, 0.3) is 0 Å². The van der Waals surface area contributed by atoms with Crippen molar-refractivity contribution in [1.29, 1.82) is 0 Å². The van der Waals surface area contributed by atoms with Gasteiger partial charge in [-0.15, -0.1) is 11.3 Å². The first-order chi connectivity index (χ1) is 7.56. The van der Waals surface area contributed by atoms with Gasteiger partial charge in [-0.2, -0.15) is 0 Å². The molecule has 0 radical (unpaired) electrons. The van der Waals surface area contributed by atoms with Crippen molar-refractivity contribution >= 4 is 22.4 Å². The van der Waals surface area contributed by atoms with E-state index < -0.39 is 12.1 Å². The topological polar surface area (TPSA) is 85.7 Å². The number of aliphatic hydroxyl groups is 2. The van der Waals surface area contributed by atoms with Crippen LogP contribution in [0.4, 0.5) is 5.13 Å². The summed E-state index contributed by atoms with van der Waals surface area (Å²) in [6, 6.07) is 0. The quantitative estimate of drug-likeness (QED) is 0.617. The zero-order chi connectivity index (χ0) is 11.7. The monoisotopic (exact) mass is 243 g/mol. The predicted molar refractivity (Wildman–Crippen MR) is 59.5 cm³/mol. The summed E-state index contributed by atoms with van der Waals surface area (Å²) >= 11 is 1.35. The van der Waals surface area contributed by atoms with Gasteiger partial charge < -0.3 is 20.4 Å². The Kier molecular flexibility index (Phi) is 3.08. The smallest absolute Gasteiger partial charge is 0.272 e. The number of thiazole rings is 1. The van der Waals surface area contributed by atoms with Crippen molar-refractivity contribution in [2.75, 3.05) is 18.0 Å². The third-order valence-corrected chi connectivity index (χ3v) is 3.10. The summed E-state index contributed by atoms with van der Waals surface area (Å²) in [5.41, 5.74) is 0.294. The fraction of sp³-hybridized carbons (Fsp3) is 0.556. The molecule has 1 fully saturated rings. The minimum absolute atomic E-state index is 0.293. The lowest BCUT2D eigenvalue weighted by atomic mass is 10.2. The van der Waals surface area contributed by atoms with E-state index in [-0.39, 0.29) is 6.10 Å². The molecule has 1 saturated heterocycles. The number of aliphatic hydroxyl groups excluding tert-OH is 2. The van der Waals surface area contributed by atoms with Crippen LogP contribution in [-0.2, 0) is 0 Å². The molecule has 0 spiro atoms. The first-order valence-corrected chi connectivity index (χ1v) is 5.81. The maximum atomic E-state index is 11.5. The third-order valence-electron chi connectivity index (χ3n) is 2.20. The van der Waals surface area contributed by atoms with Gasteiger partial charge in [0.2, 0.25) is 0 Å². The number of nitrogens with one attached hydrogen (secondary N) is 1. The van der Waals surface area contributed by atoms with Gasteiger partial charge in [-0.3, -0.25) is 4.79 Å². The zero-order valence-electron chi connectivity index (χ0n) is 8.75. The second-order valence-electron chi connectivity index (χ2n) is 3.72. The van der Waals surface area contributed by atoms with Crippen LogP contribution in [0, 0.1) is 0 Å². The lowest BCUT2D eigenvalue weighted by molar-refractivity contribution is 0.0814. The van der Waals surface area contributed by atoms with E-state index in [0.717, 1.165) is 5.13 Å². The van der Waals surface area contributed by atoms with Gasteiger partial charge in [0.25, 0.3) is 5.91 Å². The first-order valence-electron chi connectivity index (χ1n) is 4.93. The molecule has 0 aliphatic carbocycles. The average Bonchev–Trinajstić information content (AvgIpc) is 2.60. The number of carbonyl (C=O) groups excluding carboxylic acids is 1. The molecule has 2 rings (SSSR count). The summed E-state index contributed by atoms with van der Waals surface area (Å²) in [5, 5.41) is 22.8. The number of hydrogen-bond donors (Lipinski definition) is 3. The van der Waals surface area contributed by atoms with Gasteiger partial charge in [0, 0.05) is 18.5 Å². The van der Waals surface area contributed by atoms with Gasteiger partial charge in [-0.1, -0.05) is 0 Å². The van der Waals surface area contributed by atoms with Crippen molar-refractivity contribution in [3.63, 3.8) is 0 Å². The van der Waals surface area contributed by atoms with Crippen molar-refractivity contribution in [2.45, 2.75) is 19.3 Å². The number of hydrogen-bond acceptors (Lipinski definition) is 6. The molecule has 1 amide bonds. The molecule has 1 aromatic heterocycles. The maximum Gasteiger partial charge on any atom is 0.272 e. The summed E-state index contributed by atoms with van der Waals surface area (Å²) in [6.07, 6.45) is -1.18. The molecule has 3 N–H and O–H groups in total. The highest BCUT2D eigenvalue weighted by atomic mass is 32.1. The molecule has 1 unspecified atom stereocenters. The number of carbonyl (C=O) groups is 1. The number of amides is 1. The van der Waals surface area contributed by atoms with E-state index in [4.69, 9.17) is 10.2 Å². The Morgan fingerprint density at radius 1 is 1.75 bits per heavy atom. The van der Waals surface area contributed by atoms with E-state index in [2.05, 4.69) is 10.3 Å². The van der Waals surface area contributed by atoms with Crippen LogP contribution in [0.15, 0.2) is 5.38 Å². The van der Waals surface area contributed by atoms with Gasteiger partial charge >= 0.3 is 0 Å². The van der Waals surface area contributed by atoms with E-state index in [1.54, 1.807) is 5.38 Å². The van der Waals surface area contributed by atoms with Crippen LogP contribution in [-0.4, -0.2) is 46.5 Å².